The van der Waals surface area contributed by atoms with E-state index in [2.05, 4.69) is 4.98 Å². The normalized spacial score (nSPS) is 13.3. The molecule has 0 saturated carbocycles. The highest BCUT2D eigenvalue weighted by Gasteiger charge is 2.30. The second-order valence-electron chi connectivity index (χ2n) is 5.84. The highest BCUT2D eigenvalue weighted by atomic mass is 16.5. The molecule has 0 fully saturated rings. The number of aryl methyl sites for hydroxylation is 1. The minimum absolute atomic E-state index is 0.259. The fraction of sp³-hybridized carbons (Fsp3) is 0.235. The topological polar surface area (TPSA) is 89.6 Å². The zero-order valence-electron chi connectivity index (χ0n) is 13.8. The molecule has 8 heteroatoms. The van der Waals surface area contributed by atoms with Crippen LogP contribution in [0.1, 0.15) is 16.2 Å². The number of carbonyl (C=O) groups is 1. The Morgan fingerprint density at radius 1 is 1.36 bits per heavy atom. The van der Waals surface area contributed by atoms with Gasteiger partial charge in [0.05, 0.1) is 19.2 Å². The van der Waals surface area contributed by atoms with Crippen molar-refractivity contribution in [2.75, 3.05) is 18.7 Å². The molecule has 25 heavy (non-hydrogen) atoms. The molecule has 1 aromatic carbocycles. The summed E-state index contributed by atoms with van der Waals surface area (Å²) >= 11 is 0. The predicted octanol–water partition coefficient (Wildman–Crippen LogP) is 0.784. The van der Waals surface area contributed by atoms with Crippen molar-refractivity contribution in [3.63, 3.8) is 0 Å². The van der Waals surface area contributed by atoms with Crippen molar-refractivity contribution >= 4 is 16.8 Å². The number of hydrogen-bond acceptors (Lipinski definition) is 5. The first-order valence-corrected chi connectivity index (χ1v) is 7.77. The smallest absolute Gasteiger partial charge is 0.282 e. The van der Waals surface area contributed by atoms with Crippen molar-refractivity contribution in [3.05, 3.63) is 52.3 Å². The first kappa shape index (κ1) is 15.3. The van der Waals surface area contributed by atoms with Crippen LogP contribution in [0.3, 0.4) is 0 Å². The van der Waals surface area contributed by atoms with Crippen LogP contribution < -0.4 is 15.3 Å². The summed E-state index contributed by atoms with van der Waals surface area (Å²) in [5.74, 6) is 0.375. The van der Waals surface area contributed by atoms with Crippen LogP contribution in [0.4, 0.5) is 0 Å². The zero-order valence-corrected chi connectivity index (χ0v) is 13.8. The molecular weight excluding hydrogens is 324 g/mol. The Labute approximate surface area is 142 Å². The van der Waals surface area contributed by atoms with E-state index < -0.39 is 11.5 Å². The van der Waals surface area contributed by atoms with Gasteiger partial charge in [-0.05, 0) is 18.2 Å². The molecule has 0 saturated heterocycles. The van der Waals surface area contributed by atoms with Gasteiger partial charge in [0.1, 0.15) is 22.9 Å². The van der Waals surface area contributed by atoms with Gasteiger partial charge in [-0.25, -0.2) is 14.7 Å². The minimum atomic E-state index is -0.556. The van der Waals surface area contributed by atoms with Crippen LogP contribution in [0.25, 0.3) is 10.9 Å². The Bertz CT molecular complexity index is 1070. The molecule has 0 unspecified atom stereocenters. The summed E-state index contributed by atoms with van der Waals surface area (Å²) in [6.07, 6.45) is 3.85. The fourth-order valence-corrected chi connectivity index (χ4v) is 3.20. The van der Waals surface area contributed by atoms with Gasteiger partial charge in [-0.2, -0.15) is 0 Å². The predicted molar refractivity (Wildman–Crippen MR) is 90.8 cm³/mol. The Hall–Kier alpha value is -3.29. The molecule has 128 valence electrons. The maximum atomic E-state index is 13.0. The summed E-state index contributed by atoms with van der Waals surface area (Å²) < 4.78 is 8.14. The van der Waals surface area contributed by atoms with E-state index in [1.54, 1.807) is 42.3 Å². The van der Waals surface area contributed by atoms with Crippen molar-refractivity contribution in [3.8, 4) is 11.5 Å². The third-order valence-electron chi connectivity index (χ3n) is 4.53. The third kappa shape index (κ3) is 2.10. The number of hydrogen-bond donors (Lipinski definition) is 1. The van der Waals surface area contributed by atoms with E-state index in [1.165, 1.54) is 16.7 Å². The third-order valence-corrected chi connectivity index (χ3v) is 4.53. The number of benzene rings is 1. The molecule has 0 radical (unpaired) electrons. The van der Waals surface area contributed by atoms with Gasteiger partial charge in [-0.3, -0.25) is 9.59 Å². The first-order valence-electron chi connectivity index (χ1n) is 7.77. The Kier molecular flexibility index (Phi) is 3.28. The highest BCUT2D eigenvalue weighted by molar-refractivity contribution is 6.07. The van der Waals surface area contributed by atoms with Crippen LogP contribution >= 0.6 is 0 Å². The van der Waals surface area contributed by atoms with E-state index in [1.807, 2.05) is 0 Å². The lowest BCUT2D eigenvalue weighted by Gasteiger charge is -2.19. The van der Waals surface area contributed by atoms with Crippen LogP contribution in [0.2, 0.25) is 0 Å². The summed E-state index contributed by atoms with van der Waals surface area (Å²) in [6, 6.07) is 4.97. The van der Waals surface area contributed by atoms with Gasteiger partial charge in [0, 0.05) is 31.2 Å². The number of aromatic nitrogens is 3. The fourth-order valence-electron chi connectivity index (χ4n) is 3.20. The number of carbonyl (C=O) groups excluding carboxylic acids is 1. The van der Waals surface area contributed by atoms with Crippen molar-refractivity contribution in [2.45, 2.75) is 6.42 Å². The molecule has 1 amide bonds. The SMILES string of the molecule is COc1ccc2c(c1)c(O)c(C(=O)N1CCc3nccn31)c(=O)n2C. The van der Waals surface area contributed by atoms with Crippen LogP contribution in [0.15, 0.2) is 35.4 Å². The van der Waals surface area contributed by atoms with Crippen molar-refractivity contribution in [1.82, 2.24) is 14.2 Å². The number of rotatable bonds is 2. The molecular formula is C17H16N4O4. The average molecular weight is 340 g/mol. The molecule has 1 N–H and O–H groups in total. The lowest BCUT2D eigenvalue weighted by molar-refractivity contribution is 0.0960. The number of nitrogens with zero attached hydrogens (tertiary/aromatic N) is 4. The number of ether oxygens (including phenoxy) is 1. The minimum Gasteiger partial charge on any atom is -0.506 e. The van der Waals surface area contributed by atoms with E-state index in [-0.39, 0.29) is 11.3 Å². The highest BCUT2D eigenvalue weighted by Crippen LogP contribution is 2.30. The number of methoxy groups -OCH3 is 1. The number of amides is 1. The summed E-state index contributed by atoms with van der Waals surface area (Å²) in [6.45, 7) is 0.404. The maximum absolute atomic E-state index is 13.0. The van der Waals surface area contributed by atoms with Crippen LogP contribution in [0.5, 0.6) is 11.5 Å². The van der Waals surface area contributed by atoms with E-state index >= 15 is 0 Å². The second kappa shape index (κ2) is 5.37. The van der Waals surface area contributed by atoms with E-state index in [9.17, 15) is 14.7 Å². The van der Waals surface area contributed by atoms with Gasteiger partial charge in [-0.15, -0.1) is 0 Å². The van der Waals surface area contributed by atoms with Gasteiger partial charge in [-0.1, -0.05) is 0 Å². The lowest BCUT2D eigenvalue weighted by atomic mass is 10.1. The Morgan fingerprint density at radius 3 is 2.92 bits per heavy atom. The summed E-state index contributed by atoms with van der Waals surface area (Å²) in [4.78, 5) is 29.8. The summed E-state index contributed by atoms with van der Waals surface area (Å²) in [5.41, 5.74) is -0.289. The lowest BCUT2D eigenvalue weighted by Crippen LogP contribution is -2.41. The van der Waals surface area contributed by atoms with Gasteiger partial charge in [0.2, 0.25) is 0 Å². The van der Waals surface area contributed by atoms with E-state index in [0.29, 0.717) is 29.6 Å². The van der Waals surface area contributed by atoms with Gasteiger partial charge >= 0.3 is 0 Å². The molecule has 2 aromatic heterocycles. The molecule has 0 bridgehead atoms. The quantitative estimate of drug-likeness (QED) is 0.745. The number of fused-ring (bicyclic) bond motifs is 2. The maximum Gasteiger partial charge on any atom is 0.282 e. The van der Waals surface area contributed by atoms with Crippen LogP contribution in [-0.4, -0.2) is 38.9 Å². The molecule has 8 nitrogen and oxygen atoms in total. The van der Waals surface area contributed by atoms with E-state index in [0.717, 1.165) is 5.82 Å². The largest absolute Gasteiger partial charge is 0.506 e. The summed E-state index contributed by atoms with van der Waals surface area (Å²) in [5, 5.41) is 12.5. The molecule has 3 aromatic rings. The molecule has 0 atom stereocenters. The number of aromatic hydroxyl groups is 1. The molecule has 0 spiro atoms. The average Bonchev–Trinajstić information content (AvgIpc) is 3.22. The Morgan fingerprint density at radius 2 is 2.16 bits per heavy atom. The first-order chi connectivity index (χ1) is 12.0. The molecule has 1 aliphatic heterocycles. The standard InChI is InChI=1S/C17H16N4O4/c1-19-12-4-3-10(25-2)9-11(12)15(22)14(16(19)23)17(24)21-7-5-13-18-6-8-20(13)21/h3-4,6,8-9,22H,5,7H2,1-2H3. The number of imidazole rings is 1. The number of pyridine rings is 1. The van der Waals surface area contributed by atoms with Gasteiger partial charge in [0.25, 0.3) is 11.5 Å². The Balaban J connectivity index is 1.93. The van der Waals surface area contributed by atoms with Gasteiger partial charge in [0.15, 0.2) is 0 Å². The van der Waals surface area contributed by atoms with Crippen molar-refractivity contribution in [1.29, 1.82) is 0 Å². The monoisotopic (exact) mass is 340 g/mol. The van der Waals surface area contributed by atoms with Crippen molar-refractivity contribution in [2.24, 2.45) is 7.05 Å². The zero-order chi connectivity index (χ0) is 17.7. The van der Waals surface area contributed by atoms with Crippen LogP contribution in [0, 0.1) is 0 Å². The van der Waals surface area contributed by atoms with Crippen molar-refractivity contribution < 1.29 is 14.6 Å². The molecule has 0 aliphatic carbocycles. The van der Waals surface area contributed by atoms with Gasteiger partial charge < -0.3 is 14.4 Å². The molecule has 1 aliphatic rings. The molecule has 3 heterocycles. The van der Waals surface area contributed by atoms with E-state index in [4.69, 9.17) is 4.74 Å². The summed E-state index contributed by atoms with van der Waals surface area (Å²) in [7, 11) is 3.08. The molecule has 4 rings (SSSR count). The second-order valence-corrected chi connectivity index (χ2v) is 5.84. The van der Waals surface area contributed by atoms with Crippen LogP contribution in [-0.2, 0) is 13.5 Å².